The maximum atomic E-state index is 13.6. The Balaban J connectivity index is 1.94. The Morgan fingerprint density at radius 2 is 1.79 bits per heavy atom. The lowest BCUT2D eigenvalue weighted by molar-refractivity contribution is -0.202. The summed E-state index contributed by atoms with van der Waals surface area (Å²) >= 11 is 0. The topological polar surface area (TPSA) is 65.5 Å². The molecular weight excluding hydrogens is 334 g/mol. The number of rotatable bonds is 4. The van der Waals surface area contributed by atoms with Gasteiger partial charge in [0.05, 0.1) is 11.9 Å². The van der Waals surface area contributed by atoms with E-state index in [4.69, 9.17) is 4.74 Å². The van der Waals surface area contributed by atoms with Crippen LogP contribution >= 0.6 is 0 Å². The fourth-order valence-electron chi connectivity index (χ4n) is 1.63. The van der Waals surface area contributed by atoms with Crippen molar-refractivity contribution in [3.05, 3.63) is 48.4 Å². The number of alkyl halides is 3. The van der Waals surface area contributed by atoms with E-state index in [0.29, 0.717) is 5.69 Å². The normalized spacial score (nSPS) is 11.0. The molecule has 24 heavy (non-hydrogen) atoms. The Hall–Kier alpha value is -2.97. The van der Waals surface area contributed by atoms with Gasteiger partial charge < -0.3 is 9.47 Å². The number of hydrogen-bond acceptors (Lipinski definition) is 5. The summed E-state index contributed by atoms with van der Waals surface area (Å²) in [5, 5.41) is 0. The summed E-state index contributed by atoms with van der Waals surface area (Å²) in [5.41, 5.74) is 0.550. The zero-order chi connectivity index (χ0) is 17.7. The molecule has 2 rings (SSSR count). The highest BCUT2D eigenvalue weighted by Crippen LogP contribution is 2.22. The Bertz CT molecular complexity index is 744. The third-order valence-corrected chi connectivity index (χ3v) is 2.68. The molecular formula is C15H9F4NO4. The van der Waals surface area contributed by atoms with Crippen molar-refractivity contribution in [1.29, 1.82) is 0 Å². The number of hydrogen-bond donors (Lipinski definition) is 0. The predicted octanol–water partition coefficient (Wildman–Crippen LogP) is 2.90. The zero-order valence-electron chi connectivity index (χ0n) is 11.8. The van der Waals surface area contributed by atoms with Gasteiger partial charge >= 0.3 is 18.1 Å². The van der Waals surface area contributed by atoms with Gasteiger partial charge in [-0.05, 0) is 24.3 Å². The summed E-state index contributed by atoms with van der Waals surface area (Å²) in [4.78, 5) is 25.4. The molecule has 0 unspecified atom stereocenters. The number of esters is 2. The molecule has 1 aromatic heterocycles. The van der Waals surface area contributed by atoms with Gasteiger partial charge in [0.2, 0.25) is 0 Å². The molecule has 1 heterocycles. The van der Waals surface area contributed by atoms with Gasteiger partial charge in [0.1, 0.15) is 11.6 Å². The monoisotopic (exact) mass is 343 g/mol. The van der Waals surface area contributed by atoms with Crippen molar-refractivity contribution in [3.63, 3.8) is 0 Å². The van der Waals surface area contributed by atoms with Crippen molar-refractivity contribution in [2.75, 3.05) is 6.61 Å². The van der Waals surface area contributed by atoms with Crippen molar-refractivity contribution in [2.45, 2.75) is 6.18 Å². The van der Waals surface area contributed by atoms with Gasteiger partial charge in [-0.15, -0.1) is 0 Å². The Morgan fingerprint density at radius 3 is 2.38 bits per heavy atom. The second-order valence-electron chi connectivity index (χ2n) is 4.41. The minimum Gasteiger partial charge on any atom is -0.480 e. The first-order valence-electron chi connectivity index (χ1n) is 6.43. The van der Waals surface area contributed by atoms with E-state index in [1.165, 1.54) is 30.3 Å². The van der Waals surface area contributed by atoms with Crippen LogP contribution in [0.1, 0.15) is 0 Å². The highest BCUT2D eigenvalue weighted by atomic mass is 19.4. The van der Waals surface area contributed by atoms with E-state index in [-0.39, 0.29) is 11.3 Å². The summed E-state index contributed by atoms with van der Waals surface area (Å²) in [7, 11) is 0. The van der Waals surface area contributed by atoms with E-state index in [1.807, 2.05) is 0 Å². The quantitative estimate of drug-likeness (QED) is 0.485. The smallest absolute Gasteiger partial charge is 0.480 e. The molecule has 0 radical (unpaired) electrons. The third kappa shape index (κ3) is 4.51. The summed E-state index contributed by atoms with van der Waals surface area (Å²) in [6.07, 6.45) is -4.11. The second kappa shape index (κ2) is 7.07. The van der Waals surface area contributed by atoms with Gasteiger partial charge in [-0.25, -0.2) is 14.0 Å². The highest BCUT2D eigenvalue weighted by molar-refractivity contribution is 5.89. The molecule has 0 aliphatic rings. The van der Waals surface area contributed by atoms with Crippen LogP contribution in [0, 0.1) is 5.82 Å². The van der Waals surface area contributed by atoms with Gasteiger partial charge in [-0.2, -0.15) is 13.2 Å². The van der Waals surface area contributed by atoms with E-state index in [1.54, 1.807) is 6.07 Å². The summed E-state index contributed by atoms with van der Waals surface area (Å²) in [5.74, 6) is -4.57. The van der Waals surface area contributed by atoms with Crippen molar-refractivity contribution < 1.29 is 36.6 Å². The fourth-order valence-corrected chi connectivity index (χ4v) is 1.63. The predicted molar refractivity (Wildman–Crippen MR) is 72.3 cm³/mol. The standard InChI is InChI=1S/C15H9F4NO4/c16-11-4-2-1-3-10(11)12-6-5-9(7-20-12)23-8-13(21)24-14(22)15(17,18)19/h1-7H,8H2. The molecule has 0 atom stereocenters. The molecule has 0 saturated heterocycles. The first-order valence-corrected chi connectivity index (χ1v) is 6.43. The van der Waals surface area contributed by atoms with E-state index < -0.39 is 30.5 Å². The number of benzene rings is 1. The SMILES string of the molecule is O=C(COc1ccc(-c2ccccc2F)nc1)OC(=O)C(F)(F)F. The Morgan fingerprint density at radius 1 is 1.08 bits per heavy atom. The van der Waals surface area contributed by atoms with Crippen LogP contribution in [0.2, 0.25) is 0 Å². The van der Waals surface area contributed by atoms with Crippen LogP contribution in [0.4, 0.5) is 17.6 Å². The summed E-state index contributed by atoms with van der Waals surface area (Å²) in [6, 6.07) is 8.66. The number of ether oxygens (including phenoxy) is 2. The van der Waals surface area contributed by atoms with Crippen LogP contribution in [0.3, 0.4) is 0 Å². The molecule has 0 saturated carbocycles. The van der Waals surface area contributed by atoms with Crippen LogP contribution in [0.25, 0.3) is 11.3 Å². The number of carbonyl (C=O) groups is 2. The lowest BCUT2D eigenvalue weighted by Gasteiger charge is -2.08. The average Bonchev–Trinajstić information content (AvgIpc) is 2.53. The summed E-state index contributed by atoms with van der Waals surface area (Å²) in [6.45, 7) is -0.914. The highest BCUT2D eigenvalue weighted by Gasteiger charge is 2.42. The van der Waals surface area contributed by atoms with E-state index in [2.05, 4.69) is 9.72 Å². The van der Waals surface area contributed by atoms with Crippen molar-refractivity contribution in [2.24, 2.45) is 0 Å². The first kappa shape index (κ1) is 17.4. The molecule has 0 aliphatic heterocycles. The zero-order valence-corrected chi connectivity index (χ0v) is 11.8. The Labute approximate surface area is 132 Å². The fraction of sp³-hybridized carbons (Fsp3) is 0.133. The van der Waals surface area contributed by atoms with Gasteiger partial charge in [-0.1, -0.05) is 12.1 Å². The number of pyridine rings is 1. The van der Waals surface area contributed by atoms with E-state index in [9.17, 15) is 27.2 Å². The van der Waals surface area contributed by atoms with Crippen LogP contribution in [-0.2, 0) is 14.3 Å². The molecule has 5 nitrogen and oxygen atoms in total. The third-order valence-electron chi connectivity index (χ3n) is 2.68. The molecule has 0 N–H and O–H groups in total. The first-order chi connectivity index (χ1) is 11.3. The molecule has 0 fully saturated rings. The van der Waals surface area contributed by atoms with Gasteiger partial charge in [-0.3, -0.25) is 4.98 Å². The molecule has 0 aliphatic carbocycles. The minimum atomic E-state index is -5.27. The van der Waals surface area contributed by atoms with Crippen LogP contribution < -0.4 is 4.74 Å². The van der Waals surface area contributed by atoms with Crippen molar-refractivity contribution >= 4 is 11.9 Å². The van der Waals surface area contributed by atoms with E-state index >= 15 is 0 Å². The second-order valence-corrected chi connectivity index (χ2v) is 4.41. The molecule has 0 amide bonds. The van der Waals surface area contributed by atoms with Gasteiger partial charge in [0.15, 0.2) is 6.61 Å². The maximum absolute atomic E-state index is 13.6. The lowest BCUT2D eigenvalue weighted by atomic mass is 10.1. The molecule has 126 valence electrons. The van der Waals surface area contributed by atoms with Crippen molar-refractivity contribution in [3.8, 4) is 17.0 Å². The van der Waals surface area contributed by atoms with Gasteiger partial charge in [0, 0.05) is 5.56 Å². The molecule has 2 aromatic rings. The Kier molecular flexibility index (Phi) is 5.12. The molecule has 0 spiro atoms. The average molecular weight is 343 g/mol. The van der Waals surface area contributed by atoms with Crippen LogP contribution in [-0.4, -0.2) is 29.7 Å². The molecule has 9 heteroatoms. The number of nitrogens with zero attached hydrogens (tertiary/aromatic N) is 1. The number of halogens is 4. The van der Waals surface area contributed by atoms with Gasteiger partial charge in [0.25, 0.3) is 0 Å². The maximum Gasteiger partial charge on any atom is 0.491 e. The lowest BCUT2D eigenvalue weighted by Crippen LogP contribution is -2.30. The molecule has 1 aromatic carbocycles. The number of aromatic nitrogens is 1. The summed E-state index contributed by atoms with van der Waals surface area (Å²) < 4.78 is 57.7. The number of carbonyl (C=O) groups excluding carboxylic acids is 2. The van der Waals surface area contributed by atoms with E-state index in [0.717, 1.165) is 6.20 Å². The van der Waals surface area contributed by atoms with Crippen molar-refractivity contribution in [1.82, 2.24) is 4.98 Å². The molecule has 0 bridgehead atoms. The minimum absolute atomic E-state index is 0.0338. The van der Waals surface area contributed by atoms with Crippen LogP contribution in [0.5, 0.6) is 5.75 Å². The largest absolute Gasteiger partial charge is 0.491 e. The van der Waals surface area contributed by atoms with Crippen LogP contribution in [0.15, 0.2) is 42.6 Å².